The first-order valence-corrected chi connectivity index (χ1v) is 6.54. The Morgan fingerprint density at radius 2 is 1.65 bits per heavy atom. The molecule has 0 unspecified atom stereocenters. The maximum absolute atomic E-state index is 12.4. The van der Waals surface area contributed by atoms with E-state index in [0.717, 1.165) is 5.39 Å². The molecule has 0 bridgehead atoms. The molecule has 0 saturated carbocycles. The van der Waals surface area contributed by atoms with Gasteiger partial charge >= 0.3 is 102 Å². The van der Waals surface area contributed by atoms with E-state index in [9.17, 15) is 13.2 Å². The molecule has 0 fully saturated rings. The second-order valence-corrected chi connectivity index (χ2v) is 5.68. The number of benzene rings is 2. The Bertz CT molecular complexity index is 537. The Labute approximate surface area is 103 Å². The summed E-state index contributed by atoms with van der Waals surface area (Å²) in [6.07, 6.45) is 0. The minimum absolute atomic E-state index is 0.335. The van der Waals surface area contributed by atoms with Crippen LogP contribution >= 0.6 is 0 Å². The average Bonchev–Trinajstić information content (AvgIpc) is 2.28. The van der Waals surface area contributed by atoms with Crippen LogP contribution in [0.25, 0.3) is 10.8 Å². The first-order valence-electron chi connectivity index (χ1n) is 4.83. The summed E-state index contributed by atoms with van der Waals surface area (Å²) in [5, 5.41) is -2.80. The Balaban J connectivity index is 2.59. The van der Waals surface area contributed by atoms with Gasteiger partial charge in [0, 0.05) is 0 Å². The number of rotatable bonds is 2. The zero-order chi connectivity index (χ0) is 12.5. The summed E-state index contributed by atoms with van der Waals surface area (Å²) >= 11 is -1.53. The molecular weight excluding hydrogens is 296 g/mol. The molecule has 2 aromatic carbocycles. The summed E-state index contributed by atoms with van der Waals surface area (Å²) in [5.74, 6) is 0.599. The van der Waals surface area contributed by atoms with Gasteiger partial charge in [-0.25, -0.2) is 0 Å². The van der Waals surface area contributed by atoms with Crippen molar-refractivity contribution in [2.45, 2.75) is 5.07 Å². The number of methoxy groups -OCH3 is 1. The molecule has 0 atom stereocenters. The van der Waals surface area contributed by atoms with Crippen LogP contribution < -0.4 is 9.20 Å². The van der Waals surface area contributed by atoms with Crippen molar-refractivity contribution in [2.24, 2.45) is 0 Å². The van der Waals surface area contributed by atoms with E-state index in [1.165, 1.54) is 13.2 Å². The Morgan fingerprint density at radius 3 is 2.24 bits per heavy atom. The van der Waals surface area contributed by atoms with Crippen molar-refractivity contribution in [2.75, 3.05) is 7.11 Å². The maximum atomic E-state index is 12.4. The molecule has 0 aliphatic rings. The number of hydrogen-bond acceptors (Lipinski definition) is 1. The van der Waals surface area contributed by atoms with Crippen LogP contribution in [-0.4, -0.2) is 27.1 Å². The number of hydrogen-bond donors (Lipinski definition) is 0. The summed E-state index contributed by atoms with van der Waals surface area (Å²) in [4.78, 5) is 0. The van der Waals surface area contributed by atoms with Gasteiger partial charge in [-0.1, -0.05) is 0 Å². The quantitative estimate of drug-likeness (QED) is 0.775. The Morgan fingerprint density at radius 1 is 1.00 bits per heavy atom. The second-order valence-electron chi connectivity index (χ2n) is 3.36. The second kappa shape index (κ2) is 4.59. The molecule has 1 nitrogen and oxygen atoms in total. The first kappa shape index (κ1) is 12.3. The van der Waals surface area contributed by atoms with Gasteiger partial charge in [-0.15, -0.1) is 0 Å². The molecule has 0 aromatic heterocycles. The van der Waals surface area contributed by atoms with Crippen LogP contribution in [0.3, 0.4) is 0 Å². The van der Waals surface area contributed by atoms with Gasteiger partial charge in [-0.2, -0.15) is 0 Å². The molecular formula is C12H9F3OSe. The number of ether oxygens (including phenoxy) is 1. The van der Waals surface area contributed by atoms with Gasteiger partial charge in [0.25, 0.3) is 0 Å². The minimum atomic E-state index is -4.13. The zero-order valence-corrected chi connectivity index (χ0v) is 10.6. The van der Waals surface area contributed by atoms with Crippen molar-refractivity contribution in [3.05, 3.63) is 36.4 Å². The van der Waals surface area contributed by atoms with Crippen LogP contribution in [0.1, 0.15) is 0 Å². The van der Waals surface area contributed by atoms with E-state index in [1.54, 1.807) is 30.3 Å². The number of fused-ring (bicyclic) bond motifs is 1. The predicted molar refractivity (Wildman–Crippen MR) is 61.9 cm³/mol. The van der Waals surface area contributed by atoms with Gasteiger partial charge in [0.15, 0.2) is 0 Å². The third-order valence-electron chi connectivity index (χ3n) is 2.29. The molecule has 0 saturated heterocycles. The molecule has 5 heteroatoms. The zero-order valence-electron chi connectivity index (χ0n) is 8.91. The van der Waals surface area contributed by atoms with Crippen LogP contribution in [0.2, 0.25) is 0 Å². The topological polar surface area (TPSA) is 9.23 Å². The van der Waals surface area contributed by atoms with Crippen molar-refractivity contribution in [1.29, 1.82) is 0 Å². The summed E-state index contributed by atoms with van der Waals surface area (Å²) in [6.45, 7) is 0. The SMILES string of the molecule is COc1ccc([Se]C(F)(F)F)c2ccccc12. The molecule has 0 aliphatic heterocycles. The number of halogens is 3. The van der Waals surface area contributed by atoms with E-state index in [2.05, 4.69) is 0 Å². The van der Waals surface area contributed by atoms with Gasteiger partial charge in [-0.05, 0) is 0 Å². The molecule has 0 N–H and O–H groups in total. The normalized spacial score (nSPS) is 11.8. The van der Waals surface area contributed by atoms with Crippen LogP contribution in [0.4, 0.5) is 13.2 Å². The molecule has 2 aromatic rings. The summed E-state index contributed by atoms with van der Waals surface area (Å²) < 4.78 is 42.8. The van der Waals surface area contributed by atoms with Crippen LogP contribution in [0, 0.1) is 0 Å². The monoisotopic (exact) mass is 306 g/mol. The molecule has 0 spiro atoms. The van der Waals surface area contributed by atoms with Gasteiger partial charge < -0.3 is 0 Å². The molecule has 2 rings (SSSR count). The van der Waals surface area contributed by atoms with Crippen molar-refractivity contribution in [1.82, 2.24) is 0 Å². The van der Waals surface area contributed by atoms with Gasteiger partial charge in [0.1, 0.15) is 0 Å². The van der Waals surface area contributed by atoms with Gasteiger partial charge in [0.05, 0.1) is 0 Å². The Hall–Kier alpha value is -1.19. The fraction of sp³-hybridized carbons (Fsp3) is 0.167. The predicted octanol–water partition coefficient (Wildman–Crippen LogP) is 2.70. The van der Waals surface area contributed by atoms with Crippen LogP contribution in [-0.2, 0) is 0 Å². The van der Waals surface area contributed by atoms with E-state index in [4.69, 9.17) is 4.74 Å². The van der Waals surface area contributed by atoms with E-state index in [-0.39, 0.29) is 0 Å². The molecule has 17 heavy (non-hydrogen) atoms. The summed E-state index contributed by atoms with van der Waals surface area (Å²) in [7, 11) is 1.51. The molecule has 0 radical (unpaired) electrons. The van der Waals surface area contributed by atoms with Crippen molar-refractivity contribution >= 4 is 30.2 Å². The standard InChI is InChI=1S/C12H9F3OSe/c1-16-10-6-7-11(17-12(13,14)15)9-5-3-2-4-8(9)10/h2-7H,1H3. The Kier molecular flexibility index (Phi) is 3.31. The summed E-state index contributed by atoms with van der Waals surface area (Å²) in [5.41, 5.74) is 0. The molecule has 90 valence electrons. The molecule has 0 amide bonds. The van der Waals surface area contributed by atoms with Crippen LogP contribution in [0.15, 0.2) is 36.4 Å². The average molecular weight is 305 g/mol. The van der Waals surface area contributed by atoms with E-state index >= 15 is 0 Å². The van der Waals surface area contributed by atoms with Crippen LogP contribution in [0.5, 0.6) is 5.75 Å². The first-order chi connectivity index (χ1) is 8.01. The fourth-order valence-electron chi connectivity index (χ4n) is 1.64. The van der Waals surface area contributed by atoms with Crippen molar-refractivity contribution < 1.29 is 17.9 Å². The fourth-order valence-corrected chi connectivity index (χ4v) is 3.05. The van der Waals surface area contributed by atoms with Crippen molar-refractivity contribution in [3.8, 4) is 5.75 Å². The third kappa shape index (κ3) is 2.73. The van der Waals surface area contributed by atoms with Gasteiger partial charge in [0.2, 0.25) is 0 Å². The molecule has 0 aliphatic carbocycles. The van der Waals surface area contributed by atoms with E-state index in [1.807, 2.05) is 0 Å². The van der Waals surface area contributed by atoms with E-state index in [0.29, 0.717) is 15.6 Å². The van der Waals surface area contributed by atoms with Gasteiger partial charge in [-0.3, -0.25) is 0 Å². The number of alkyl halides is 3. The van der Waals surface area contributed by atoms with Crippen molar-refractivity contribution in [3.63, 3.8) is 0 Å². The van der Waals surface area contributed by atoms with E-state index < -0.39 is 20.0 Å². The third-order valence-corrected chi connectivity index (χ3v) is 3.98. The summed E-state index contributed by atoms with van der Waals surface area (Å²) in [6, 6.07) is 10.1. The molecule has 0 heterocycles.